The largest absolute Gasteiger partial charge is 0.451 e. The standard InChI is InChI=1S/C24H26N2O5S/c1-15-5-4-10-26(14-15)32(29,30)19-8-6-18(7-9-19)25-24(28)22-13-20(27)23-17(3)11-16(2)12-21(23)31-22/h6-9,11-13,15H,4-5,10,14H2,1-3H3,(H,25,28). The number of benzene rings is 2. The number of nitrogens with one attached hydrogen (secondary N) is 1. The molecule has 1 N–H and O–H groups in total. The quantitative estimate of drug-likeness (QED) is 0.641. The van der Waals surface area contributed by atoms with Crippen LogP contribution in [-0.4, -0.2) is 31.7 Å². The third kappa shape index (κ3) is 4.33. The van der Waals surface area contributed by atoms with Gasteiger partial charge in [-0.25, -0.2) is 8.42 Å². The van der Waals surface area contributed by atoms with Crippen LogP contribution in [0.15, 0.2) is 56.6 Å². The number of sulfonamides is 1. The van der Waals surface area contributed by atoms with Crippen LogP contribution in [0.4, 0.5) is 5.69 Å². The highest BCUT2D eigenvalue weighted by Gasteiger charge is 2.28. The number of nitrogens with zero attached hydrogens (tertiary/aromatic N) is 1. The van der Waals surface area contributed by atoms with Crippen molar-refractivity contribution >= 4 is 32.6 Å². The molecule has 1 fully saturated rings. The maximum atomic E-state index is 12.9. The molecule has 2 heterocycles. The summed E-state index contributed by atoms with van der Waals surface area (Å²) >= 11 is 0. The SMILES string of the molecule is Cc1cc(C)c2c(=O)cc(C(=O)Nc3ccc(S(=O)(=O)N4CCCC(C)C4)cc3)oc2c1. The molecule has 2 aromatic carbocycles. The minimum Gasteiger partial charge on any atom is -0.451 e. The Labute approximate surface area is 187 Å². The van der Waals surface area contributed by atoms with Crippen molar-refractivity contribution in [3.63, 3.8) is 0 Å². The lowest BCUT2D eigenvalue weighted by Crippen LogP contribution is -2.39. The molecule has 1 saturated heterocycles. The van der Waals surface area contributed by atoms with Crippen LogP contribution in [0, 0.1) is 19.8 Å². The van der Waals surface area contributed by atoms with Crippen LogP contribution in [0.3, 0.4) is 0 Å². The zero-order valence-electron chi connectivity index (χ0n) is 18.3. The molecule has 32 heavy (non-hydrogen) atoms. The molecule has 1 aromatic heterocycles. The van der Waals surface area contributed by atoms with Gasteiger partial charge < -0.3 is 9.73 Å². The molecule has 1 aliphatic heterocycles. The third-order valence-electron chi connectivity index (χ3n) is 5.77. The zero-order chi connectivity index (χ0) is 23.0. The molecule has 0 spiro atoms. The summed E-state index contributed by atoms with van der Waals surface area (Å²) in [4.78, 5) is 25.4. The Morgan fingerprint density at radius 1 is 1.12 bits per heavy atom. The first-order valence-electron chi connectivity index (χ1n) is 10.6. The summed E-state index contributed by atoms with van der Waals surface area (Å²) in [5.74, 6) is -0.351. The highest BCUT2D eigenvalue weighted by molar-refractivity contribution is 7.89. The summed E-state index contributed by atoms with van der Waals surface area (Å²) in [6, 6.07) is 10.8. The number of hydrogen-bond donors (Lipinski definition) is 1. The zero-order valence-corrected chi connectivity index (χ0v) is 19.2. The topological polar surface area (TPSA) is 96.7 Å². The van der Waals surface area contributed by atoms with Gasteiger partial charge in [-0.1, -0.05) is 13.0 Å². The van der Waals surface area contributed by atoms with E-state index in [0.717, 1.165) is 24.0 Å². The van der Waals surface area contributed by atoms with Crippen LogP contribution in [-0.2, 0) is 10.0 Å². The molecular weight excluding hydrogens is 428 g/mol. The minimum absolute atomic E-state index is 0.105. The maximum absolute atomic E-state index is 12.9. The van der Waals surface area contributed by atoms with E-state index in [0.29, 0.717) is 35.7 Å². The smallest absolute Gasteiger partial charge is 0.291 e. The second kappa shape index (κ2) is 8.52. The van der Waals surface area contributed by atoms with Crippen molar-refractivity contribution in [1.82, 2.24) is 4.31 Å². The van der Waals surface area contributed by atoms with E-state index in [9.17, 15) is 18.0 Å². The average molecular weight is 455 g/mol. The number of rotatable bonds is 4. The summed E-state index contributed by atoms with van der Waals surface area (Å²) in [6.07, 6.45) is 1.88. The Morgan fingerprint density at radius 2 is 1.84 bits per heavy atom. The number of piperidine rings is 1. The Balaban J connectivity index is 1.55. The Hall–Kier alpha value is -2.97. The van der Waals surface area contributed by atoms with Crippen LogP contribution in [0.25, 0.3) is 11.0 Å². The first-order chi connectivity index (χ1) is 15.1. The van der Waals surface area contributed by atoms with Crippen LogP contribution in [0.5, 0.6) is 0 Å². The van der Waals surface area contributed by atoms with Crippen molar-refractivity contribution in [2.45, 2.75) is 38.5 Å². The molecule has 3 aromatic rings. The van der Waals surface area contributed by atoms with Crippen LogP contribution < -0.4 is 10.7 Å². The number of carbonyl (C=O) groups excluding carboxylic acids is 1. The molecule has 1 amide bonds. The molecule has 1 unspecified atom stereocenters. The fourth-order valence-electron chi connectivity index (χ4n) is 4.19. The molecule has 0 radical (unpaired) electrons. The first kappa shape index (κ1) is 22.2. The van der Waals surface area contributed by atoms with Gasteiger partial charge in [-0.05, 0) is 74.1 Å². The molecule has 1 aliphatic rings. The summed E-state index contributed by atoms with van der Waals surface area (Å²) < 4.78 is 33.0. The van der Waals surface area contributed by atoms with Crippen molar-refractivity contribution in [2.75, 3.05) is 18.4 Å². The molecular formula is C24H26N2O5S. The van der Waals surface area contributed by atoms with Crippen molar-refractivity contribution in [1.29, 1.82) is 0 Å². The van der Waals surface area contributed by atoms with Crippen molar-refractivity contribution < 1.29 is 17.6 Å². The van der Waals surface area contributed by atoms with Gasteiger partial charge in [-0.3, -0.25) is 9.59 Å². The summed E-state index contributed by atoms with van der Waals surface area (Å²) in [7, 11) is -3.57. The van der Waals surface area contributed by atoms with E-state index in [1.165, 1.54) is 34.6 Å². The van der Waals surface area contributed by atoms with Crippen LogP contribution in [0.2, 0.25) is 0 Å². The number of carbonyl (C=O) groups is 1. The van der Waals surface area contributed by atoms with Gasteiger partial charge in [0.2, 0.25) is 10.0 Å². The number of anilines is 1. The third-order valence-corrected chi connectivity index (χ3v) is 7.65. The number of hydrogen-bond acceptors (Lipinski definition) is 5. The van der Waals surface area contributed by atoms with E-state index in [2.05, 4.69) is 5.32 Å². The second-order valence-corrected chi connectivity index (χ2v) is 10.5. The fourth-order valence-corrected chi connectivity index (χ4v) is 5.79. The minimum atomic E-state index is -3.57. The molecule has 7 nitrogen and oxygen atoms in total. The summed E-state index contributed by atoms with van der Waals surface area (Å²) in [5.41, 5.74) is 2.20. The van der Waals surface area contributed by atoms with E-state index in [1.807, 2.05) is 26.8 Å². The van der Waals surface area contributed by atoms with E-state index in [-0.39, 0.29) is 16.1 Å². The second-order valence-electron chi connectivity index (χ2n) is 8.52. The van der Waals surface area contributed by atoms with E-state index in [4.69, 9.17) is 4.42 Å². The van der Waals surface area contributed by atoms with Gasteiger partial charge in [0, 0.05) is 24.8 Å². The number of amides is 1. The Kier molecular flexibility index (Phi) is 5.92. The van der Waals surface area contributed by atoms with Gasteiger partial charge >= 0.3 is 0 Å². The fraction of sp³-hybridized carbons (Fsp3) is 0.333. The first-order valence-corrected chi connectivity index (χ1v) is 12.1. The van der Waals surface area contributed by atoms with E-state index >= 15 is 0 Å². The van der Waals surface area contributed by atoms with E-state index in [1.54, 1.807) is 6.07 Å². The molecule has 4 rings (SSSR count). The van der Waals surface area contributed by atoms with Crippen molar-refractivity contribution in [3.8, 4) is 0 Å². The van der Waals surface area contributed by atoms with Gasteiger partial charge in [-0.15, -0.1) is 0 Å². The van der Waals surface area contributed by atoms with Gasteiger partial charge in [0.25, 0.3) is 5.91 Å². The number of fused-ring (bicyclic) bond motifs is 1. The lowest BCUT2D eigenvalue weighted by atomic mass is 10.0. The van der Waals surface area contributed by atoms with E-state index < -0.39 is 15.9 Å². The van der Waals surface area contributed by atoms with Gasteiger partial charge in [0.15, 0.2) is 11.2 Å². The molecule has 0 saturated carbocycles. The highest BCUT2D eigenvalue weighted by Crippen LogP contribution is 2.25. The monoisotopic (exact) mass is 454 g/mol. The van der Waals surface area contributed by atoms with Gasteiger partial charge in [-0.2, -0.15) is 4.31 Å². The molecule has 168 valence electrons. The lowest BCUT2D eigenvalue weighted by Gasteiger charge is -2.30. The Bertz CT molecular complexity index is 1340. The predicted molar refractivity (Wildman–Crippen MR) is 124 cm³/mol. The number of aryl methyl sites for hydroxylation is 2. The molecule has 0 aliphatic carbocycles. The van der Waals surface area contributed by atoms with Crippen LogP contribution in [0.1, 0.15) is 41.4 Å². The normalized spacial score (nSPS) is 17.4. The Morgan fingerprint density at radius 3 is 2.53 bits per heavy atom. The lowest BCUT2D eigenvalue weighted by molar-refractivity contribution is 0.0997. The van der Waals surface area contributed by atoms with Gasteiger partial charge in [0.05, 0.1) is 10.3 Å². The maximum Gasteiger partial charge on any atom is 0.291 e. The van der Waals surface area contributed by atoms with Crippen LogP contribution >= 0.6 is 0 Å². The summed E-state index contributed by atoms with van der Waals surface area (Å²) in [5, 5.41) is 3.12. The van der Waals surface area contributed by atoms with Crippen molar-refractivity contribution in [3.05, 3.63) is 69.6 Å². The summed E-state index contributed by atoms with van der Waals surface area (Å²) in [6.45, 7) is 6.80. The van der Waals surface area contributed by atoms with Gasteiger partial charge in [0.1, 0.15) is 5.58 Å². The molecule has 0 bridgehead atoms. The molecule has 1 atom stereocenters. The molecule has 8 heteroatoms. The predicted octanol–water partition coefficient (Wildman–Crippen LogP) is 4.08. The van der Waals surface area contributed by atoms with Crippen molar-refractivity contribution in [2.24, 2.45) is 5.92 Å². The average Bonchev–Trinajstić information content (AvgIpc) is 2.73. The highest BCUT2D eigenvalue weighted by atomic mass is 32.2.